The average Bonchev–Trinajstić information content (AvgIpc) is 3.42. The highest BCUT2D eigenvalue weighted by atomic mass is 19.3. The second-order valence-corrected chi connectivity index (χ2v) is 11.3. The van der Waals surface area contributed by atoms with Gasteiger partial charge in [-0.05, 0) is 75.1 Å². The van der Waals surface area contributed by atoms with Crippen LogP contribution in [0.15, 0.2) is 66.7 Å². The van der Waals surface area contributed by atoms with Crippen LogP contribution >= 0.6 is 0 Å². The summed E-state index contributed by atoms with van der Waals surface area (Å²) in [5.74, 6) is -2.15. The molecule has 3 atom stereocenters. The van der Waals surface area contributed by atoms with Gasteiger partial charge in [0.2, 0.25) is 0 Å². The fourth-order valence-corrected chi connectivity index (χ4v) is 4.57. The molecule has 1 aliphatic carbocycles. The maximum absolute atomic E-state index is 12.9. The summed E-state index contributed by atoms with van der Waals surface area (Å²) in [5.41, 5.74) is 2.44. The van der Waals surface area contributed by atoms with Gasteiger partial charge < -0.3 is 35.4 Å². The molecule has 0 aromatic heterocycles. The van der Waals surface area contributed by atoms with E-state index in [1.807, 2.05) is 24.3 Å². The van der Waals surface area contributed by atoms with E-state index in [1.165, 1.54) is 19.8 Å². The Morgan fingerprint density at radius 2 is 1.74 bits per heavy atom. The third-order valence-corrected chi connectivity index (χ3v) is 7.27. The number of benzene rings is 3. The summed E-state index contributed by atoms with van der Waals surface area (Å²) in [6, 6.07) is 19.1. The molecular weight excluding hydrogens is 596 g/mol. The van der Waals surface area contributed by atoms with E-state index in [0.717, 1.165) is 24.1 Å². The SMILES string of the molecule is CC(=O)c1cccc(Nc2ccc(OCC(C)NC(=O)C(C)(F)F)cc2C=N)c1.CC1CCCC1O.c1ccc2c(c1)OCCO2. The molecule has 9 nitrogen and oxygen atoms in total. The molecule has 5 rings (SSSR count). The quantitative estimate of drug-likeness (QED) is 0.150. The van der Waals surface area contributed by atoms with Crippen LogP contribution in [-0.4, -0.2) is 60.9 Å². The molecule has 46 heavy (non-hydrogen) atoms. The molecule has 3 unspecified atom stereocenters. The van der Waals surface area contributed by atoms with Crippen LogP contribution in [0.2, 0.25) is 0 Å². The molecule has 1 heterocycles. The summed E-state index contributed by atoms with van der Waals surface area (Å²) in [5, 5.41) is 22.0. The Bertz CT molecular complexity index is 1430. The van der Waals surface area contributed by atoms with Crippen LogP contribution in [0.25, 0.3) is 0 Å². The zero-order chi connectivity index (χ0) is 33.7. The Hall–Kier alpha value is -4.51. The van der Waals surface area contributed by atoms with Crippen molar-refractivity contribution in [2.75, 3.05) is 25.1 Å². The molecule has 0 spiro atoms. The van der Waals surface area contributed by atoms with Gasteiger partial charge >= 0.3 is 5.92 Å². The van der Waals surface area contributed by atoms with Gasteiger partial charge in [-0.15, -0.1) is 0 Å². The Labute approximate surface area is 268 Å². The van der Waals surface area contributed by atoms with Gasteiger partial charge in [0.05, 0.1) is 12.1 Å². The number of aliphatic hydroxyl groups is 1. The van der Waals surface area contributed by atoms with Crippen LogP contribution < -0.4 is 24.8 Å². The Balaban J connectivity index is 0.000000270. The van der Waals surface area contributed by atoms with Crippen molar-refractivity contribution in [2.24, 2.45) is 5.92 Å². The summed E-state index contributed by atoms with van der Waals surface area (Å²) < 4.78 is 42.0. The highest BCUT2D eigenvalue weighted by molar-refractivity contribution is 5.95. The monoisotopic (exact) mass is 639 g/mol. The predicted molar refractivity (Wildman–Crippen MR) is 174 cm³/mol. The average molecular weight is 640 g/mol. The first-order valence-corrected chi connectivity index (χ1v) is 15.2. The van der Waals surface area contributed by atoms with Crippen molar-refractivity contribution in [1.82, 2.24) is 5.32 Å². The third kappa shape index (κ3) is 11.4. The number of Topliss-reactive ketones (excluding diaryl/α,β-unsaturated/α-hetero) is 1. The van der Waals surface area contributed by atoms with Gasteiger partial charge in [-0.1, -0.05) is 37.6 Å². The van der Waals surface area contributed by atoms with Crippen LogP contribution in [0, 0.1) is 11.3 Å². The summed E-state index contributed by atoms with van der Waals surface area (Å²) >= 11 is 0. The normalized spacial score (nSPS) is 17.2. The number of halogens is 2. The molecule has 1 saturated carbocycles. The maximum atomic E-state index is 12.9. The van der Waals surface area contributed by atoms with Crippen LogP contribution in [0.5, 0.6) is 17.2 Å². The summed E-state index contributed by atoms with van der Waals surface area (Å²) in [4.78, 5) is 22.8. The number of amides is 1. The number of alkyl halides is 2. The number of hydrogen-bond donors (Lipinski definition) is 4. The van der Waals surface area contributed by atoms with Crippen LogP contribution in [0.4, 0.5) is 20.2 Å². The number of anilines is 2. The van der Waals surface area contributed by atoms with Crippen LogP contribution in [0.3, 0.4) is 0 Å². The number of carbonyl (C=O) groups is 2. The van der Waals surface area contributed by atoms with E-state index in [9.17, 15) is 18.4 Å². The minimum Gasteiger partial charge on any atom is -0.491 e. The van der Waals surface area contributed by atoms with E-state index < -0.39 is 17.9 Å². The third-order valence-electron chi connectivity index (χ3n) is 7.27. The van der Waals surface area contributed by atoms with Gasteiger partial charge in [0, 0.05) is 35.6 Å². The molecule has 1 amide bonds. The number of carbonyl (C=O) groups excluding carboxylic acids is 2. The van der Waals surface area contributed by atoms with E-state index in [2.05, 4.69) is 17.6 Å². The standard InChI is InChI=1S/C21H23F2N3O3.C8H8O2.C6H12O/c1-13(25-20(28)21(3,22)23)12-29-18-7-8-19(16(10-18)11-24)26-17-6-4-5-15(9-17)14(2)27;1-2-4-8-7(3-1)9-5-6-10-8;1-5-3-2-4-6(5)7/h4-11,13,24,26H,12H2,1-3H3,(H,25,28);1-4H,5-6H2;5-7H,2-4H2,1H3. The lowest BCUT2D eigenvalue weighted by molar-refractivity contribution is -0.143. The zero-order valence-electron chi connectivity index (χ0n) is 26.6. The molecule has 1 aliphatic heterocycles. The van der Waals surface area contributed by atoms with E-state index in [4.69, 9.17) is 24.7 Å². The van der Waals surface area contributed by atoms with Gasteiger partial charge in [0.25, 0.3) is 5.91 Å². The molecule has 0 radical (unpaired) electrons. The lowest BCUT2D eigenvalue weighted by Gasteiger charge is -2.18. The fraction of sp³-hybridized carbons (Fsp3) is 0.400. The largest absolute Gasteiger partial charge is 0.491 e. The smallest absolute Gasteiger partial charge is 0.321 e. The van der Waals surface area contributed by atoms with Gasteiger partial charge in [-0.3, -0.25) is 9.59 Å². The maximum Gasteiger partial charge on any atom is 0.321 e. The molecule has 11 heteroatoms. The first kappa shape index (κ1) is 36.0. The summed E-state index contributed by atoms with van der Waals surface area (Å²) in [6.07, 6.45) is 4.64. The van der Waals surface area contributed by atoms with Crippen molar-refractivity contribution in [2.45, 2.75) is 65.0 Å². The van der Waals surface area contributed by atoms with Crippen molar-refractivity contribution in [3.8, 4) is 17.2 Å². The number of fused-ring (bicyclic) bond motifs is 1. The molecule has 0 bridgehead atoms. The number of para-hydroxylation sites is 2. The Morgan fingerprint density at radius 3 is 2.26 bits per heavy atom. The van der Waals surface area contributed by atoms with E-state index >= 15 is 0 Å². The van der Waals surface area contributed by atoms with Crippen molar-refractivity contribution in [3.63, 3.8) is 0 Å². The predicted octanol–water partition coefficient (Wildman–Crippen LogP) is 6.79. The summed E-state index contributed by atoms with van der Waals surface area (Å²) in [6.45, 7) is 7.00. The van der Waals surface area contributed by atoms with E-state index in [-0.39, 0.29) is 18.5 Å². The fourth-order valence-electron chi connectivity index (χ4n) is 4.57. The molecular formula is C35H43F2N3O6. The number of aliphatic hydroxyl groups excluding tert-OH is 1. The minimum absolute atomic E-state index is 0.00725. The zero-order valence-corrected chi connectivity index (χ0v) is 26.6. The Kier molecular flexibility index (Phi) is 13.5. The molecule has 0 saturated heterocycles. The van der Waals surface area contributed by atoms with Crippen LogP contribution in [0.1, 0.15) is 62.9 Å². The second kappa shape index (κ2) is 17.3. The summed E-state index contributed by atoms with van der Waals surface area (Å²) in [7, 11) is 0. The highest BCUT2D eigenvalue weighted by Gasteiger charge is 2.33. The number of nitrogens with one attached hydrogen (secondary N) is 3. The van der Waals surface area contributed by atoms with Crippen molar-refractivity contribution >= 4 is 29.3 Å². The first-order chi connectivity index (χ1) is 21.9. The van der Waals surface area contributed by atoms with Gasteiger partial charge in [0.1, 0.15) is 25.6 Å². The first-order valence-electron chi connectivity index (χ1n) is 15.2. The van der Waals surface area contributed by atoms with Crippen LogP contribution in [-0.2, 0) is 4.79 Å². The molecule has 1 fully saturated rings. The number of ketones is 1. The highest BCUT2D eigenvalue weighted by Crippen LogP contribution is 2.28. The van der Waals surface area contributed by atoms with Crippen molar-refractivity contribution < 1.29 is 37.7 Å². The van der Waals surface area contributed by atoms with Gasteiger partial charge in [0.15, 0.2) is 17.3 Å². The minimum atomic E-state index is -3.45. The molecule has 2 aliphatic rings. The Morgan fingerprint density at radius 1 is 1.07 bits per heavy atom. The lowest BCUT2D eigenvalue weighted by atomic mass is 10.1. The molecule has 248 valence electrons. The molecule has 3 aromatic carbocycles. The molecule has 4 N–H and O–H groups in total. The van der Waals surface area contributed by atoms with E-state index in [1.54, 1.807) is 49.4 Å². The number of hydrogen-bond acceptors (Lipinski definition) is 8. The van der Waals surface area contributed by atoms with Crippen molar-refractivity contribution in [3.05, 3.63) is 77.9 Å². The topological polar surface area (TPSA) is 130 Å². The van der Waals surface area contributed by atoms with Gasteiger partial charge in [-0.2, -0.15) is 8.78 Å². The second-order valence-electron chi connectivity index (χ2n) is 11.3. The molecule has 3 aromatic rings. The van der Waals surface area contributed by atoms with E-state index in [0.29, 0.717) is 54.3 Å². The van der Waals surface area contributed by atoms with Gasteiger partial charge in [-0.25, -0.2) is 0 Å². The number of rotatable bonds is 9. The number of ether oxygens (including phenoxy) is 3. The van der Waals surface area contributed by atoms with Crippen molar-refractivity contribution in [1.29, 1.82) is 5.41 Å². The lowest BCUT2D eigenvalue weighted by Crippen LogP contribution is -2.44.